The van der Waals surface area contributed by atoms with Crippen LogP contribution in [0, 0.1) is 5.82 Å². The van der Waals surface area contributed by atoms with Crippen molar-refractivity contribution in [3.8, 4) is 0 Å². The number of nitrogens with two attached hydrogens (primary N) is 1. The first-order chi connectivity index (χ1) is 9.59. The number of amides is 1. The van der Waals surface area contributed by atoms with E-state index in [1.165, 1.54) is 12.1 Å². The Bertz CT molecular complexity index is 604. The summed E-state index contributed by atoms with van der Waals surface area (Å²) in [5.41, 5.74) is 7.18. The number of carbonyl (C=O) groups is 1. The van der Waals surface area contributed by atoms with Gasteiger partial charge in [-0.15, -0.1) is 0 Å². The molecule has 0 fully saturated rings. The van der Waals surface area contributed by atoms with Gasteiger partial charge in [-0.1, -0.05) is 36.4 Å². The zero-order chi connectivity index (χ0) is 14.5. The Labute approximate surface area is 125 Å². The number of nitrogens with one attached hydrogen (secondary N) is 1. The van der Waals surface area contributed by atoms with Gasteiger partial charge in [0.1, 0.15) is 5.82 Å². The summed E-state index contributed by atoms with van der Waals surface area (Å²) in [5, 5.41) is 2.70. The van der Waals surface area contributed by atoms with Crippen LogP contribution in [0.4, 0.5) is 4.39 Å². The SMILES string of the molecule is NC(CNC(=O)c1cccc(F)c1Br)c1ccccc1. The molecule has 0 aliphatic rings. The van der Waals surface area contributed by atoms with Gasteiger partial charge in [0.2, 0.25) is 0 Å². The van der Waals surface area contributed by atoms with E-state index < -0.39 is 5.82 Å². The van der Waals surface area contributed by atoms with Gasteiger partial charge >= 0.3 is 0 Å². The second-order valence-electron chi connectivity index (χ2n) is 4.33. The Kier molecular flexibility index (Phi) is 4.87. The van der Waals surface area contributed by atoms with Gasteiger partial charge in [0.15, 0.2) is 0 Å². The number of hydrogen-bond acceptors (Lipinski definition) is 2. The minimum absolute atomic E-state index is 0.158. The molecule has 2 rings (SSSR count). The first kappa shape index (κ1) is 14.7. The number of rotatable bonds is 4. The molecule has 1 amide bonds. The molecule has 0 aliphatic carbocycles. The number of benzene rings is 2. The predicted octanol–water partition coefficient (Wildman–Crippen LogP) is 3.02. The second kappa shape index (κ2) is 6.63. The van der Waals surface area contributed by atoms with Gasteiger partial charge in [-0.2, -0.15) is 0 Å². The molecule has 2 aromatic rings. The summed E-state index contributed by atoms with van der Waals surface area (Å²) in [6.45, 7) is 0.284. The van der Waals surface area contributed by atoms with E-state index in [-0.39, 0.29) is 28.5 Å². The lowest BCUT2D eigenvalue weighted by molar-refractivity contribution is 0.0950. The molecule has 0 bridgehead atoms. The molecule has 0 spiro atoms. The van der Waals surface area contributed by atoms with E-state index in [1.807, 2.05) is 30.3 Å². The Balaban J connectivity index is 2.01. The van der Waals surface area contributed by atoms with Crippen LogP contribution in [-0.4, -0.2) is 12.5 Å². The summed E-state index contributed by atoms with van der Waals surface area (Å²) in [4.78, 5) is 12.0. The Hall–Kier alpha value is -1.72. The van der Waals surface area contributed by atoms with Crippen molar-refractivity contribution in [1.82, 2.24) is 5.32 Å². The maximum absolute atomic E-state index is 13.4. The molecule has 104 valence electrons. The minimum Gasteiger partial charge on any atom is -0.350 e. The van der Waals surface area contributed by atoms with E-state index in [1.54, 1.807) is 6.07 Å². The summed E-state index contributed by atoms with van der Waals surface area (Å²) in [6.07, 6.45) is 0. The number of halogens is 2. The van der Waals surface area contributed by atoms with Crippen LogP contribution in [0.5, 0.6) is 0 Å². The molecular weight excluding hydrogens is 323 g/mol. The van der Waals surface area contributed by atoms with Crippen molar-refractivity contribution in [3.05, 3.63) is 69.9 Å². The zero-order valence-corrected chi connectivity index (χ0v) is 12.2. The maximum atomic E-state index is 13.4. The van der Waals surface area contributed by atoms with Crippen molar-refractivity contribution in [2.45, 2.75) is 6.04 Å². The highest BCUT2D eigenvalue weighted by atomic mass is 79.9. The van der Waals surface area contributed by atoms with Crippen LogP contribution in [0.25, 0.3) is 0 Å². The summed E-state index contributed by atoms with van der Waals surface area (Å²) in [5.74, 6) is -0.826. The molecule has 0 aromatic heterocycles. The molecule has 2 aromatic carbocycles. The van der Waals surface area contributed by atoms with Crippen molar-refractivity contribution in [2.24, 2.45) is 5.73 Å². The van der Waals surface area contributed by atoms with E-state index >= 15 is 0 Å². The van der Waals surface area contributed by atoms with Crippen LogP contribution in [-0.2, 0) is 0 Å². The molecule has 20 heavy (non-hydrogen) atoms. The van der Waals surface area contributed by atoms with E-state index in [9.17, 15) is 9.18 Å². The Morgan fingerprint density at radius 2 is 1.90 bits per heavy atom. The first-order valence-corrected chi connectivity index (χ1v) is 6.91. The average molecular weight is 337 g/mol. The lowest BCUT2D eigenvalue weighted by Gasteiger charge is -2.13. The quantitative estimate of drug-likeness (QED) is 0.901. The van der Waals surface area contributed by atoms with E-state index in [0.717, 1.165) is 5.56 Å². The molecule has 0 aliphatic heterocycles. The van der Waals surface area contributed by atoms with Crippen LogP contribution < -0.4 is 11.1 Å². The van der Waals surface area contributed by atoms with Crippen LogP contribution in [0.2, 0.25) is 0 Å². The van der Waals surface area contributed by atoms with E-state index in [4.69, 9.17) is 5.73 Å². The van der Waals surface area contributed by atoms with Gasteiger partial charge < -0.3 is 11.1 Å². The third-order valence-corrected chi connectivity index (χ3v) is 3.71. The summed E-state index contributed by atoms with van der Waals surface area (Å²) >= 11 is 3.07. The van der Waals surface area contributed by atoms with Crippen molar-refractivity contribution < 1.29 is 9.18 Å². The minimum atomic E-state index is -0.468. The summed E-state index contributed by atoms with van der Waals surface area (Å²) < 4.78 is 13.5. The third kappa shape index (κ3) is 3.43. The lowest BCUT2D eigenvalue weighted by atomic mass is 10.1. The largest absolute Gasteiger partial charge is 0.350 e. The monoisotopic (exact) mass is 336 g/mol. The number of carbonyl (C=O) groups excluding carboxylic acids is 1. The smallest absolute Gasteiger partial charge is 0.252 e. The highest BCUT2D eigenvalue weighted by Crippen LogP contribution is 2.20. The molecule has 3 nitrogen and oxygen atoms in total. The molecule has 3 N–H and O–H groups in total. The number of hydrogen-bond donors (Lipinski definition) is 2. The molecule has 1 unspecified atom stereocenters. The molecule has 0 saturated carbocycles. The van der Waals surface area contributed by atoms with Crippen LogP contribution in [0.15, 0.2) is 53.0 Å². The van der Waals surface area contributed by atoms with Crippen LogP contribution in [0.1, 0.15) is 22.0 Å². The topological polar surface area (TPSA) is 55.1 Å². The zero-order valence-electron chi connectivity index (χ0n) is 10.6. The standard InChI is InChI=1S/C15H14BrFN2O/c16-14-11(7-4-8-12(14)17)15(20)19-9-13(18)10-5-2-1-3-6-10/h1-8,13H,9,18H2,(H,19,20). The van der Waals surface area contributed by atoms with Gasteiger partial charge in [0, 0.05) is 12.6 Å². The highest BCUT2D eigenvalue weighted by Gasteiger charge is 2.14. The van der Waals surface area contributed by atoms with Crippen LogP contribution >= 0.6 is 15.9 Å². The normalized spacial score (nSPS) is 11.9. The van der Waals surface area contributed by atoms with E-state index in [0.29, 0.717) is 0 Å². The Morgan fingerprint density at radius 1 is 1.20 bits per heavy atom. The van der Waals surface area contributed by atoms with Crippen molar-refractivity contribution in [3.63, 3.8) is 0 Å². The van der Waals surface area contributed by atoms with Gasteiger partial charge in [-0.3, -0.25) is 4.79 Å². The van der Waals surface area contributed by atoms with Crippen molar-refractivity contribution in [1.29, 1.82) is 0 Å². The fraction of sp³-hybridized carbons (Fsp3) is 0.133. The van der Waals surface area contributed by atoms with E-state index in [2.05, 4.69) is 21.2 Å². The summed E-state index contributed by atoms with van der Waals surface area (Å²) in [6, 6.07) is 13.5. The second-order valence-corrected chi connectivity index (χ2v) is 5.12. The first-order valence-electron chi connectivity index (χ1n) is 6.12. The molecule has 1 atom stereocenters. The van der Waals surface area contributed by atoms with Gasteiger partial charge in [0.25, 0.3) is 5.91 Å². The summed E-state index contributed by atoms with van der Waals surface area (Å²) in [7, 11) is 0. The fourth-order valence-corrected chi connectivity index (χ4v) is 2.24. The van der Waals surface area contributed by atoms with Crippen molar-refractivity contribution in [2.75, 3.05) is 6.54 Å². The average Bonchev–Trinajstić information content (AvgIpc) is 2.48. The van der Waals surface area contributed by atoms with Gasteiger partial charge in [-0.05, 0) is 33.6 Å². The van der Waals surface area contributed by atoms with Gasteiger partial charge in [-0.25, -0.2) is 4.39 Å². The third-order valence-electron chi connectivity index (χ3n) is 2.91. The maximum Gasteiger partial charge on any atom is 0.252 e. The van der Waals surface area contributed by atoms with Gasteiger partial charge in [0.05, 0.1) is 10.0 Å². The predicted molar refractivity (Wildman–Crippen MR) is 79.8 cm³/mol. The molecular formula is C15H14BrFN2O. The molecule has 0 radical (unpaired) electrons. The van der Waals surface area contributed by atoms with Crippen molar-refractivity contribution >= 4 is 21.8 Å². The molecule has 0 saturated heterocycles. The molecule has 5 heteroatoms. The fourth-order valence-electron chi connectivity index (χ4n) is 1.80. The Morgan fingerprint density at radius 3 is 2.60 bits per heavy atom. The lowest BCUT2D eigenvalue weighted by Crippen LogP contribution is -2.32. The highest BCUT2D eigenvalue weighted by molar-refractivity contribution is 9.10. The van der Waals surface area contributed by atoms with Crippen LogP contribution in [0.3, 0.4) is 0 Å². The molecule has 0 heterocycles.